The number of fused-ring (bicyclic) bond motifs is 2. The number of pyridine rings is 1. The van der Waals surface area contributed by atoms with Crippen molar-refractivity contribution < 1.29 is 14.3 Å². The van der Waals surface area contributed by atoms with Crippen LogP contribution in [0.1, 0.15) is 78.4 Å². The maximum atomic E-state index is 13.2. The monoisotopic (exact) mass is 487 g/mol. The molecule has 2 N–H and O–H groups in total. The molecule has 5 rings (SSSR count). The van der Waals surface area contributed by atoms with Crippen LogP contribution >= 0.6 is 0 Å². The zero-order chi connectivity index (χ0) is 25.3. The molecule has 0 saturated carbocycles. The fourth-order valence-electron chi connectivity index (χ4n) is 5.72. The Labute approximate surface area is 211 Å². The zero-order valence-electron chi connectivity index (χ0n) is 21.0. The van der Waals surface area contributed by atoms with Crippen LogP contribution < -0.4 is 5.32 Å². The van der Waals surface area contributed by atoms with Crippen LogP contribution in [0.25, 0.3) is 0 Å². The van der Waals surface area contributed by atoms with E-state index in [2.05, 4.69) is 46.5 Å². The third-order valence-electron chi connectivity index (χ3n) is 7.60. The van der Waals surface area contributed by atoms with Gasteiger partial charge >= 0.3 is 0 Å². The minimum absolute atomic E-state index is 0.0491. The number of amides is 2. The number of aromatic amines is 1. The van der Waals surface area contributed by atoms with E-state index in [1.54, 1.807) is 19.3 Å². The third kappa shape index (κ3) is 4.41. The molecule has 1 spiro atoms. The summed E-state index contributed by atoms with van der Waals surface area (Å²) in [5, 5.41) is 10.4. The number of ether oxygens (including phenoxy) is 1. The maximum Gasteiger partial charge on any atom is 0.274 e. The molecule has 0 radical (unpaired) electrons. The van der Waals surface area contributed by atoms with Crippen LogP contribution in [-0.2, 0) is 21.6 Å². The fourth-order valence-corrected chi connectivity index (χ4v) is 5.72. The van der Waals surface area contributed by atoms with Gasteiger partial charge in [-0.05, 0) is 53.6 Å². The number of likely N-dealkylation sites (tertiary alicyclic amines) is 1. The molecule has 36 heavy (non-hydrogen) atoms. The predicted molar refractivity (Wildman–Crippen MR) is 135 cm³/mol. The molecule has 1 fully saturated rings. The summed E-state index contributed by atoms with van der Waals surface area (Å²) >= 11 is 0. The number of rotatable bonds is 6. The van der Waals surface area contributed by atoms with Gasteiger partial charge in [0, 0.05) is 43.5 Å². The SMILES string of the molecule is CC(=O)N[C@@H]1c2ccccc2C2(CCN(C(=O)c3cc(C(C)C)[nH]n3)CC2)[C@H]1OCc1ccncc1. The van der Waals surface area contributed by atoms with Gasteiger partial charge in [0.1, 0.15) is 5.69 Å². The van der Waals surface area contributed by atoms with Gasteiger partial charge in [0.05, 0.1) is 18.8 Å². The van der Waals surface area contributed by atoms with Crippen molar-refractivity contribution in [1.82, 2.24) is 25.4 Å². The van der Waals surface area contributed by atoms with E-state index in [0.29, 0.717) is 25.4 Å². The van der Waals surface area contributed by atoms with E-state index in [1.807, 2.05) is 35.2 Å². The Morgan fingerprint density at radius 2 is 1.89 bits per heavy atom. The highest BCUT2D eigenvalue weighted by Crippen LogP contribution is 2.52. The van der Waals surface area contributed by atoms with Gasteiger partial charge in [-0.15, -0.1) is 0 Å². The lowest BCUT2D eigenvalue weighted by atomic mass is 9.71. The highest BCUT2D eigenvalue weighted by atomic mass is 16.5. The minimum Gasteiger partial charge on any atom is -0.370 e. The van der Waals surface area contributed by atoms with Crippen molar-refractivity contribution in [2.24, 2.45) is 0 Å². The van der Waals surface area contributed by atoms with Crippen molar-refractivity contribution in [3.63, 3.8) is 0 Å². The van der Waals surface area contributed by atoms with Crippen molar-refractivity contribution in [2.45, 2.75) is 63.7 Å². The molecule has 8 heteroatoms. The molecule has 1 aliphatic carbocycles. The van der Waals surface area contributed by atoms with Crippen molar-refractivity contribution in [2.75, 3.05) is 13.1 Å². The Balaban J connectivity index is 1.41. The molecule has 2 atom stereocenters. The van der Waals surface area contributed by atoms with Crippen LogP contribution in [0.2, 0.25) is 0 Å². The van der Waals surface area contributed by atoms with Crippen molar-refractivity contribution >= 4 is 11.8 Å². The van der Waals surface area contributed by atoms with Crippen LogP contribution in [0.5, 0.6) is 0 Å². The fraction of sp³-hybridized carbons (Fsp3) is 0.429. The van der Waals surface area contributed by atoms with E-state index < -0.39 is 0 Å². The first-order valence-corrected chi connectivity index (χ1v) is 12.6. The number of hydrogen-bond donors (Lipinski definition) is 2. The number of carbonyl (C=O) groups excluding carboxylic acids is 2. The number of benzene rings is 1. The summed E-state index contributed by atoms with van der Waals surface area (Å²) in [5.41, 5.74) is 4.45. The summed E-state index contributed by atoms with van der Waals surface area (Å²) in [4.78, 5) is 31.4. The van der Waals surface area contributed by atoms with Crippen LogP contribution in [0.3, 0.4) is 0 Å². The summed E-state index contributed by atoms with van der Waals surface area (Å²) in [6, 6.07) is 13.8. The van der Waals surface area contributed by atoms with Crippen molar-refractivity contribution in [1.29, 1.82) is 0 Å². The number of H-pyrrole nitrogens is 1. The number of hydrogen-bond acceptors (Lipinski definition) is 5. The molecule has 1 aliphatic heterocycles. The third-order valence-corrected chi connectivity index (χ3v) is 7.60. The van der Waals surface area contributed by atoms with Crippen LogP contribution in [0.4, 0.5) is 0 Å². The van der Waals surface area contributed by atoms with Crippen molar-refractivity contribution in [3.8, 4) is 0 Å². The lowest BCUT2D eigenvalue weighted by Crippen LogP contribution is -2.51. The Morgan fingerprint density at radius 3 is 2.56 bits per heavy atom. The first kappa shape index (κ1) is 24.2. The summed E-state index contributed by atoms with van der Waals surface area (Å²) in [6.45, 7) is 7.30. The van der Waals surface area contributed by atoms with Gasteiger partial charge in [0.15, 0.2) is 0 Å². The van der Waals surface area contributed by atoms with E-state index in [4.69, 9.17) is 4.74 Å². The topological polar surface area (TPSA) is 100 Å². The normalized spacial score (nSPS) is 20.5. The summed E-state index contributed by atoms with van der Waals surface area (Å²) in [6.07, 6.45) is 4.75. The molecule has 2 aliphatic rings. The number of aromatic nitrogens is 3. The van der Waals surface area contributed by atoms with Gasteiger partial charge in [0.25, 0.3) is 5.91 Å². The maximum absolute atomic E-state index is 13.2. The average molecular weight is 488 g/mol. The lowest BCUT2D eigenvalue weighted by molar-refractivity contribution is -0.122. The average Bonchev–Trinajstić information content (AvgIpc) is 3.47. The van der Waals surface area contributed by atoms with Crippen molar-refractivity contribution in [3.05, 3.63) is 82.9 Å². The van der Waals surface area contributed by atoms with Crippen LogP contribution in [-0.4, -0.2) is 51.1 Å². The first-order valence-electron chi connectivity index (χ1n) is 12.6. The predicted octanol–water partition coefficient (Wildman–Crippen LogP) is 3.88. The molecule has 1 saturated heterocycles. The smallest absolute Gasteiger partial charge is 0.274 e. The van der Waals surface area contributed by atoms with Crippen LogP contribution in [0, 0.1) is 0 Å². The second-order valence-electron chi connectivity index (χ2n) is 10.2. The standard InChI is InChI=1S/C28H33N5O3/c1-18(2)23-16-24(32-31-23)27(35)33-14-10-28(11-15-33)22-7-5-4-6-21(22)25(30-19(3)34)26(28)36-17-20-8-12-29-13-9-20/h4-9,12-13,16,18,25-26H,10-11,14-15,17H2,1-3H3,(H,30,34)(H,31,32)/t25-,26+/m1/s1. The quantitative estimate of drug-likeness (QED) is 0.550. The molecule has 8 nitrogen and oxygen atoms in total. The zero-order valence-corrected chi connectivity index (χ0v) is 21.0. The summed E-state index contributed by atoms with van der Waals surface area (Å²) < 4.78 is 6.63. The van der Waals surface area contributed by atoms with E-state index in [1.165, 1.54) is 5.56 Å². The minimum atomic E-state index is -0.303. The molecule has 3 heterocycles. The van der Waals surface area contributed by atoms with E-state index in [0.717, 1.165) is 29.7 Å². The van der Waals surface area contributed by atoms with Gasteiger partial charge in [-0.25, -0.2) is 0 Å². The van der Waals surface area contributed by atoms with E-state index in [-0.39, 0.29) is 35.3 Å². The van der Waals surface area contributed by atoms with Crippen LogP contribution in [0.15, 0.2) is 54.9 Å². The van der Waals surface area contributed by atoms with Gasteiger partial charge < -0.3 is 15.0 Å². The first-order chi connectivity index (χ1) is 17.4. The van der Waals surface area contributed by atoms with Gasteiger partial charge in [-0.3, -0.25) is 19.7 Å². The second-order valence-corrected chi connectivity index (χ2v) is 10.2. The number of piperidine rings is 1. The Hall–Kier alpha value is -3.52. The number of nitrogens with one attached hydrogen (secondary N) is 2. The summed E-state index contributed by atoms with van der Waals surface area (Å²) in [5.74, 6) is 0.145. The lowest BCUT2D eigenvalue weighted by Gasteiger charge is -2.44. The molecule has 3 aromatic rings. The highest BCUT2D eigenvalue weighted by molar-refractivity contribution is 5.92. The highest BCUT2D eigenvalue weighted by Gasteiger charge is 2.54. The molecular weight excluding hydrogens is 454 g/mol. The van der Waals surface area contributed by atoms with Gasteiger partial charge in [-0.1, -0.05) is 38.1 Å². The van der Waals surface area contributed by atoms with Gasteiger partial charge in [0.2, 0.25) is 5.91 Å². The van der Waals surface area contributed by atoms with E-state index >= 15 is 0 Å². The van der Waals surface area contributed by atoms with Gasteiger partial charge in [-0.2, -0.15) is 5.10 Å². The molecule has 0 bridgehead atoms. The second kappa shape index (κ2) is 9.85. The molecule has 2 amide bonds. The van der Waals surface area contributed by atoms with E-state index in [9.17, 15) is 9.59 Å². The Kier molecular flexibility index (Phi) is 6.62. The molecule has 1 aromatic carbocycles. The number of carbonyl (C=O) groups is 2. The molecule has 0 unspecified atom stereocenters. The molecule has 2 aromatic heterocycles. The summed E-state index contributed by atoms with van der Waals surface area (Å²) in [7, 11) is 0. The Morgan fingerprint density at radius 1 is 1.17 bits per heavy atom. The molecule has 188 valence electrons. The Bertz CT molecular complexity index is 1230. The molecular formula is C28H33N5O3. The number of nitrogens with zero attached hydrogens (tertiary/aromatic N) is 3. The largest absolute Gasteiger partial charge is 0.370 e.